The number of aldehydes is 1. The number of hydrogen-bond donors (Lipinski definition) is 0. The molecule has 0 saturated heterocycles. The van der Waals surface area contributed by atoms with Crippen LogP contribution in [-0.2, 0) is 0 Å². The quantitative estimate of drug-likeness (QED) is 0.669. The van der Waals surface area contributed by atoms with Gasteiger partial charge < -0.3 is 0 Å². The van der Waals surface area contributed by atoms with Crippen molar-refractivity contribution in [3.8, 4) is 0 Å². The monoisotopic (exact) mass is 193 g/mol. The topological polar surface area (TPSA) is 17.1 Å². The minimum Gasteiger partial charge on any atom is -0.298 e. The van der Waals surface area contributed by atoms with Crippen LogP contribution in [0.3, 0.4) is 0 Å². The van der Waals surface area contributed by atoms with Crippen LogP contribution in [-0.4, -0.2) is 6.29 Å². The van der Waals surface area contributed by atoms with Crippen LogP contribution in [0.1, 0.15) is 15.9 Å². The normalized spacial score (nSPS) is 13.7. The van der Waals surface area contributed by atoms with E-state index in [1.807, 2.05) is 18.2 Å². The summed E-state index contributed by atoms with van der Waals surface area (Å²) in [6, 6.07) is 12.1. The molecule has 0 atom stereocenters. The number of hydrogen-bond acceptors (Lipinski definition) is 1. The number of allylic oxidation sites excluding steroid dienone is 2. The van der Waals surface area contributed by atoms with Crippen molar-refractivity contribution < 1.29 is 4.79 Å². The van der Waals surface area contributed by atoms with Crippen LogP contribution < -0.4 is 0 Å². The van der Waals surface area contributed by atoms with Crippen LogP contribution in [0.2, 0.25) is 0 Å². The molecule has 15 heavy (non-hydrogen) atoms. The molecule has 0 aliphatic heterocycles. The van der Waals surface area contributed by atoms with Crippen molar-refractivity contribution in [3.05, 3.63) is 60.0 Å². The van der Waals surface area contributed by atoms with Crippen LogP contribution in [0.15, 0.2) is 42.5 Å². The van der Waals surface area contributed by atoms with Crippen LogP contribution in [0, 0.1) is 6.42 Å². The van der Waals surface area contributed by atoms with E-state index in [0.717, 1.165) is 17.2 Å². The summed E-state index contributed by atoms with van der Waals surface area (Å²) in [5.41, 5.74) is 3.28. The van der Waals surface area contributed by atoms with Crippen molar-refractivity contribution in [1.29, 1.82) is 0 Å². The Morgan fingerprint density at radius 1 is 0.933 bits per heavy atom. The number of rotatable bonds is 2. The molecule has 1 aliphatic rings. The maximum atomic E-state index is 10.6. The largest absolute Gasteiger partial charge is 0.298 e. The van der Waals surface area contributed by atoms with E-state index in [2.05, 4.69) is 30.7 Å². The van der Waals surface area contributed by atoms with E-state index >= 15 is 0 Å². The summed E-state index contributed by atoms with van der Waals surface area (Å²) in [6.07, 6.45) is 5.08. The Kier molecular flexibility index (Phi) is 1.72. The molecule has 0 bridgehead atoms. The zero-order chi connectivity index (χ0) is 10.3. The number of fused-ring (bicyclic) bond motifs is 1. The Labute approximate surface area is 88.0 Å². The van der Waals surface area contributed by atoms with Crippen molar-refractivity contribution >= 4 is 22.6 Å². The highest BCUT2D eigenvalue weighted by Gasteiger charge is 2.10. The van der Waals surface area contributed by atoms with Gasteiger partial charge in [-0.05, 0) is 34.0 Å². The minimum atomic E-state index is 0.729. The third kappa shape index (κ3) is 1.46. The van der Waals surface area contributed by atoms with Gasteiger partial charge in [-0.1, -0.05) is 30.3 Å². The third-order valence-corrected chi connectivity index (χ3v) is 2.67. The van der Waals surface area contributed by atoms with Crippen LogP contribution in [0.5, 0.6) is 0 Å². The molecule has 2 aromatic rings. The molecule has 1 heteroatoms. The first-order chi connectivity index (χ1) is 7.36. The summed E-state index contributed by atoms with van der Waals surface area (Å²) in [5, 5.41) is 2.30. The minimum absolute atomic E-state index is 0.729. The molecule has 0 amide bonds. The molecule has 1 radical (unpaired) electrons. The molecule has 0 aromatic heterocycles. The average molecular weight is 193 g/mol. The second-order valence-electron chi connectivity index (χ2n) is 3.73. The van der Waals surface area contributed by atoms with Gasteiger partial charge in [0.25, 0.3) is 0 Å². The van der Waals surface area contributed by atoms with Gasteiger partial charge in [0, 0.05) is 12.0 Å². The summed E-state index contributed by atoms with van der Waals surface area (Å²) in [6.45, 7) is 0. The van der Waals surface area contributed by atoms with Crippen molar-refractivity contribution in [2.24, 2.45) is 0 Å². The number of carbonyl (C=O) groups is 1. The molecule has 0 unspecified atom stereocenters. The molecule has 1 nitrogen and oxygen atoms in total. The summed E-state index contributed by atoms with van der Waals surface area (Å²) < 4.78 is 0. The lowest BCUT2D eigenvalue weighted by molar-refractivity contribution is 0.112. The van der Waals surface area contributed by atoms with E-state index in [0.29, 0.717) is 0 Å². The molecule has 0 spiro atoms. The smallest absolute Gasteiger partial charge is 0.150 e. The molecule has 71 valence electrons. The maximum absolute atomic E-state index is 10.6. The van der Waals surface area contributed by atoms with Gasteiger partial charge in [-0.25, -0.2) is 0 Å². The second kappa shape index (κ2) is 3.06. The average Bonchev–Trinajstić information content (AvgIpc) is 3.11. The zero-order valence-corrected chi connectivity index (χ0v) is 8.10. The number of carbonyl (C=O) groups excluding carboxylic acids is 1. The second-order valence-corrected chi connectivity index (χ2v) is 3.73. The highest BCUT2D eigenvalue weighted by atomic mass is 16.1. The Bertz CT molecular complexity index is 579. The Morgan fingerprint density at radius 2 is 1.67 bits per heavy atom. The van der Waals surface area contributed by atoms with Crippen molar-refractivity contribution in [2.75, 3.05) is 0 Å². The lowest BCUT2D eigenvalue weighted by Crippen LogP contribution is -1.81. The van der Waals surface area contributed by atoms with Gasteiger partial charge in [-0.3, -0.25) is 4.79 Å². The fourth-order valence-corrected chi connectivity index (χ4v) is 1.75. The summed E-state index contributed by atoms with van der Waals surface area (Å²) in [5.74, 6) is 0. The third-order valence-electron chi connectivity index (χ3n) is 2.67. The molecule has 0 fully saturated rings. The molecular weight excluding hydrogens is 184 g/mol. The van der Waals surface area contributed by atoms with Gasteiger partial charge in [0.1, 0.15) is 6.29 Å². The van der Waals surface area contributed by atoms with Crippen molar-refractivity contribution in [1.82, 2.24) is 0 Å². The van der Waals surface area contributed by atoms with Crippen LogP contribution in [0.25, 0.3) is 16.3 Å². The summed E-state index contributed by atoms with van der Waals surface area (Å²) >= 11 is 0. The van der Waals surface area contributed by atoms with E-state index < -0.39 is 0 Å². The van der Waals surface area contributed by atoms with E-state index in [1.54, 1.807) is 0 Å². The molecular formula is C14H9O. The van der Waals surface area contributed by atoms with Gasteiger partial charge in [0.05, 0.1) is 0 Å². The Balaban J connectivity index is 2.19. The van der Waals surface area contributed by atoms with Gasteiger partial charge in [-0.15, -0.1) is 0 Å². The zero-order valence-electron chi connectivity index (χ0n) is 8.10. The van der Waals surface area contributed by atoms with E-state index in [1.165, 1.54) is 16.5 Å². The van der Waals surface area contributed by atoms with Crippen molar-refractivity contribution in [3.63, 3.8) is 0 Å². The first-order valence-corrected chi connectivity index (χ1v) is 4.91. The van der Waals surface area contributed by atoms with Gasteiger partial charge in [0.2, 0.25) is 0 Å². The highest BCUT2D eigenvalue weighted by molar-refractivity contribution is 5.94. The number of benzene rings is 2. The molecule has 0 N–H and O–H groups in total. The van der Waals surface area contributed by atoms with E-state index in [9.17, 15) is 4.79 Å². The molecule has 3 rings (SSSR count). The summed E-state index contributed by atoms with van der Waals surface area (Å²) in [7, 11) is 0. The standard InChI is InChI=1S/C14H9O/c15-9-10-1-2-14-8-13(11-3-4-11)6-5-12(14)7-10/h1-9H. The predicted molar refractivity (Wildman–Crippen MR) is 61.6 cm³/mol. The van der Waals surface area contributed by atoms with Crippen molar-refractivity contribution in [2.45, 2.75) is 0 Å². The lowest BCUT2D eigenvalue weighted by Gasteiger charge is -2.01. The predicted octanol–water partition coefficient (Wildman–Crippen LogP) is 3.25. The first-order valence-electron chi connectivity index (χ1n) is 4.91. The van der Waals surface area contributed by atoms with E-state index in [4.69, 9.17) is 0 Å². The highest BCUT2D eigenvalue weighted by Crippen LogP contribution is 2.31. The lowest BCUT2D eigenvalue weighted by atomic mass is 10.0. The SMILES string of the molecule is O=Cc1ccc2cc(C3=C[CH]3)ccc2c1. The molecule has 0 saturated carbocycles. The molecule has 2 aromatic carbocycles. The van der Waals surface area contributed by atoms with Gasteiger partial charge >= 0.3 is 0 Å². The fourth-order valence-electron chi connectivity index (χ4n) is 1.75. The fraction of sp³-hybridized carbons (Fsp3) is 0. The molecule has 0 heterocycles. The maximum Gasteiger partial charge on any atom is 0.150 e. The van der Waals surface area contributed by atoms with Gasteiger partial charge in [-0.2, -0.15) is 0 Å². The summed E-state index contributed by atoms with van der Waals surface area (Å²) in [4.78, 5) is 10.6. The van der Waals surface area contributed by atoms with Gasteiger partial charge in [0.15, 0.2) is 0 Å². The Morgan fingerprint density at radius 3 is 2.40 bits per heavy atom. The van der Waals surface area contributed by atoms with E-state index in [-0.39, 0.29) is 0 Å². The Hall–Kier alpha value is -1.89. The molecule has 1 aliphatic carbocycles. The van der Waals surface area contributed by atoms with Crippen LogP contribution >= 0.6 is 0 Å². The van der Waals surface area contributed by atoms with Crippen LogP contribution in [0.4, 0.5) is 0 Å². The first kappa shape index (κ1) is 8.42.